The molecule has 0 saturated carbocycles. The van der Waals surface area contributed by atoms with Gasteiger partial charge in [0, 0.05) is 10.9 Å². The molecule has 1 N–H and O–H groups in total. The van der Waals surface area contributed by atoms with Crippen LogP contribution in [-0.4, -0.2) is 16.7 Å². The van der Waals surface area contributed by atoms with Crippen molar-refractivity contribution < 1.29 is 9.53 Å². The SMILES string of the molecule is CC(C)(C)OC(=O)Nc1ccc(-c2ccccc2)nc1CBr. The first-order valence-corrected chi connectivity index (χ1v) is 8.12. The summed E-state index contributed by atoms with van der Waals surface area (Å²) in [5, 5.41) is 3.28. The fourth-order valence-electron chi connectivity index (χ4n) is 1.90. The van der Waals surface area contributed by atoms with E-state index in [1.54, 1.807) is 0 Å². The molecule has 0 bridgehead atoms. The summed E-state index contributed by atoms with van der Waals surface area (Å²) in [7, 11) is 0. The first-order chi connectivity index (χ1) is 10.4. The number of amides is 1. The lowest BCUT2D eigenvalue weighted by molar-refractivity contribution is 0.0635. The molecule has 1 aromatic heterocycles. The fourth-order valence-corrected chi connectivity index (χ4v) is 2.33. The zero-order valence-electron chi connectivity index (χ0n) is 12.9. The molecule has 0 saturated heterocycles. The zero-order chi connectivity index (χ0) is 16.2. The van der Waals surface area contributed by atoms with Crippen molar-refractivity contribution >= 4 is 27.7 Å². The highest BCUT2D eigenvalue weighted by Crippen LogP contribution is 2.23. The molecule has 0 unspecified atom stereocenters. The third-order valence-corrected chi connectivity index (χ3v) is 3.34. The van der Waals surface area contributed by atoms with Crippen LogP contribution in [0.1, 0.15) is 26.5 Å². The predicted molar refractivity (Wildman–Crippen MR) is 92.2 cm³/mol. The number of hydrogen-bond acceptors (Lipinski definition) is 3. The van der Waals surface area contributed by atoms with Crippen molar-refractivity contribution in [1.82, 2.24) is 4.98 Å². The van der Waals surface area contributed by atoms with E-state index >= 15 is 0 Å². The highest BCUT2D eigenvalue weighted by molar-refractivity contribution is 9.08. The molecule has 0 aliphatic carbocycles. The molecule has 1 amide bonds. The van der Waals surface area contributed by atoms with E-state index in [9.17, 15) is 4.79 Å². The summed E-state index contributed by atoms with van der Waals surface area (Å²) in [6.07, 6.45) is -0.482. The summed E-state index contributed by atoms with van der Waals surface area (Å²) in [6, 6.07) is 13.6. The molecule has 1 heterocycles. The van der Waals surface area contributed by atoms with Gasteiger partial charge in [-0.2, -0.15) is 0 Å². The molecule has 2 aromatic rings. The van der Waals surface area contributed by atoms with Crippen LogP contribution in [0.5, 0.6) is 0 Å². The van der Waals surface area contributed by atoms with E-state index in [-0.39, 0.29) is 0 Å². The van der Waals surface area contributed by atoms with Crippen molar-refractivity contribution in [2.75, 3.05) is 5.32 Å². The van der Waals surface area contributed by atoms with Crippen LogP contribution in [0.15, 0.2) is 42.5 Å². The fraction of sp³-hybridized carbons (Fsp3) is 0.294. The lowest BCUT2D eigenvalue weighted by Gasteiger charge is -2.20. The van der Waals surface area contributed by atoms with Crippen LogP contribution in [-0.2, 0) is 10.1 Å². The minimum atomic E-state index is -0.532. The predicted octanol–water partition coefficient (Wildman–Crippen LogP) is 4.99. The topological polar surface area (TPSA) is 51.2 Å². The molecule has 5 heteroatoms. The molecule has 0 radical (unpaired) electrons. The van der Waals surface area contributed by atoms with Crippen LogP contribution < -0.4 is 5.32 Å². The van der Waals surface area contributed by atoms with E-state index < -0.39 is 11.7 Å². The van der Waals surface area contributed by atoms with Crippen LogP contribution >= 0.6 is 15.9 Å². The summed E-state index contributed by atoms with van der Waals surface area (Å²) in [6.45, 7) is 5.48. The van der Waals surface area contributed by atoms with Gasteiger partial charge in [-0.3, -0.25) is 5.32 Å². The highest BCUT2D eigenvalue weighted by Gasteiger charge is 2.17. The van der Waals surface area contributed by atoms with Crippen LogP contribution in [0, 0.1) is 0 Å². The van der Waals surface area contributed by atoms with E-state index in [2.05, 4.69) is 26.2 Å². The van der Waals surface area contributed by atoms with Gasteiger partial charge in [-0.25, -0.2) is 9.78 Å². The molecule has 2 rings (SSSR count). The lowest BCUT2D eigenvalue weighted by Crippen LogP contribution is -2.27. The van der Waals surface area contributed by atoms with Gasteiger partial charge in [0.1, 0.15) is 5.60 Å². The number of carbonyl (C=O) groups excluding carboxylic acids is 1. The first-order valence-electron chi connectivity index (χ1n) is 7.00. The average Bonchev–Trinajstić information content (AvgIpc) is 2.46. The van der Waals surface area contributed by atoms with Gasteiger partial charge in [-0.15, -0.1) is 0 Å². The van der Waals surface area contributed by atoms with Gasteiger partial charge in [0.15, 0.2) is 0 Å². The van der Waals surface area contributed by atoms with Gasteiger partial charge in [0.2, 0.25) is 0 Å². The number of alkyl halides is 1. The molecule has 0 aliphatic rings. The summed E-state index contributed by atoms with van der Waals surface area (Å²) in [5.41, 5.74) is 2.77. The smallest absolute Gasteiger partial charge is 0.412 e. The number of nitrogens with zero attached hydrogens (tertiary/aromatic N) is 1. The molecule has 22 heavy (non-hydrogen) atoms. The second-order valence-corrected chi connectivity index (χ2v) is 6.38. The number of hydrogen-bond donors (Lipinski definition) is 1. The van der Waals surface area contributed by atoms with Crippen molar-refractivity contribution in [2.45, 2.75) is 31.7 Å². The largest absolute Gasteiger partial charge is 0.444 e. The Hall–Kier alpha value is -1.88. The minimum absolute atomic E-state index is 0.482. The number of pyridine rings is 1. The maximum absolute atomic E-state index is 11.9. The number of benzene rings is 1. The maximum atomic E-state index is 11.9. The molecule has 4 nitrogen and oxygen atoms in total. The minimum Gasteiger partial charge on any atom is -0.444 e. The molecule has 0 fully saturated rings. The van der Waals surface area contributed by atoms with Gasteiger partial charge in [-0.1, -0.05) is 46.3 Å². The van der Waals surface area contributed by atoms with E-state index in [1.165, 1.54) is 0 Å². The third-order valence-electron chi connectivity index (χ3n) is 2.81. The number of ether oxygens (including phenoxy) is 1. The number of halogens is 1. The number of carbonyl (C=O) groups is 1. The zero-order valence-corrected chi connectivity index (χ0v) is 14.5. The number of rotatable bonds is 3. The van der Waals surface area contributed by atoms with E-state index in [4.69, 9.17) is 4.74 Å². The van der Waals surface area contributed by atoms with Gasteiger partial charge in [0.05, 0.1) is 17.1 Å². The Kier molecular flexibility index (Phi) is 5.19. The molecular weight excluding hydrogens is 344 g/mol. The standard InChI is InChI=1S/C17H19BrN2O2/c1-17(2,3)22-16(21)20-14-10-9-13(19-15(14)11-18)12-7-5-4-6-8-12/h4-10H,11H2,1-3H3,(H,20,21). The molecule has 0 spiro atoms. The summed E-state index contributed by atoms with van der Waals surface area (Å²) < 4.78 is 5.26. The van der Waals surface area contributed by atoms with Crippen molar-refractivity contribution in [3.63, 3.8) is 0 Å². The molecular formula is C17H19BrN2O2. The highest BCUT2D eigenvalue weighted by atomic mass is 79.9. The number of anilines is 1. The van der Waals surface area contributed by atoms with Crippen molar-refractivity contribution in [3.8, 4) is 11.3 Å². The lowest BCUT2D eigenvalue weighted by atomic mass is 10.1. The van der Waals surface area contributed by atoms with Crippen LogP contribution in [0.4, 0.5) is 10.5 Å². The van der Waals surface area contributed by atoms with Crippen molar-refractivity contribution in [2.24, 2.45) is 0 Å². The summed E-state index contributed by atoms with van der Waals surface area (Å²) >= 11 is 3.41. The Morgan fingerprint density at radius 3 is 2.45 bits per heavy atom. The van der Waals surface area contributed by atoms with Crippen LogP contribution in [0.25, 0.3) is 11.3 Å². The molecule has 0 aliphatic heterocycles. The second kappa shape index (κ2) is 6.92. The normalized spacial score (nSPS) is 11.1. The molecule has 116 valence electrons. The Morgan fingerprint density at radius 2 is 1.86 bits per heavy atom. The monoisotopic (exact) mass is 362 g/mol. The number of nitrogens with one attached hydrogen (secondary N) is 1. The average molecular weight is 363 g/mol. The third kappa shape index (κ3) is 4.56. The summed E-state index contributed by atoms with van der Waals surface area (Å²) in [5.74, 6) is 0. The Bertz CT molecular complexity index is 651. The quantitative estimate of drug-likeness (QED) is 0.782. The van der Waals surface area contributed by atoms with Crippen molar-refractivity contribution in [3.05, 3.63) is 48.2 Å². The van der Waals surface area contributed by atoms with Gasteiger partial charge >= 0.3 is 6.09 Å². The Balaban J connectivity index is 2.22. The molecule has 0 atom stereocenters. The summed E-state index contributed by atoms with van der Waals surface area (Å²) in [4.78, 5) is 16.5. The van der Waals surface area contributed by atoms with E-state index in [1.807, 2.05) is 63.2 Å². The van der Waals surface area contributed by atoms with Crippen LogP contribution in [0.2, 0.25) is 0 Å². The van der Waals surface area contributed by atoms with E-state index in [0.717, 1.165) is 17.0 Å². The van der Waals surface area contributed by atoms with E-state index in [0.29, 0.717) is 11.0 Å². The maximum Gasteiger partial charge on any atom is 0.412 e. The number of aromatic nitrogens is 1. The van der Waals surface area contributed by atoms with Crippen LogP contribution in [0.3, 0.4) is 0 Å². The van der Waals surface area contributed by atoms with Gasteiger partial charge < -0.3 is 4.74 Å². The Morgan fingerprint density at radius 1 is 1.18 bits per heavy atom. The van der Waals surface area contributed by atoms with Gasteiger partial charge in [0.25, 0.3) is 0 Å². The Labute approximate surface area is 139 Å². The molecule has 1 aromatic carbocycles. The van der Waals surface area contributed by atoms with Gasteiger partial charge in [-0.05, 0) is 32.9 Å². The second-order valence-electron chi connectivity index (χ2n) is 5.82. The first kappa shape index (κ1) is 16.5. The van der Waals surface area contributed by atoms with Crippen molar-refractivity contribution in [1.29, 1.82) is 0 Å².